The summed E-state index contributed by atoms with van der Waals surface area (Å²) >= 11 is 0. The van der Waals surface area contributed by atoms with Crippen LogP contribution in [-0.2, 0) is 29.1 Å². The molecule has 1 aliphatic heterocycles. The largest absolute Gasteiger partial charge is 0.369 e. The Hall–Kier alpha value is -2.70. The molecule has 0 unspecified atom stereocenters. The summed E-state index contributed by atoms with van der Waals surface area (Å²) in [4.78, 5) is 29.6. The Morgan fingerprint density at radius 1 is 1.33 bits per heavy atom. The lowest BCUT2D eigenvalue weighted by Crippen LogP contribution is -2.26. The van der Waals surface area contributed by atoms with E-state index in [1.165, 1.54) is 5.56 Å². The molecule has 1 aromatic heterocycles. The average Bonchev–Trinajstić information content (AvgIpc) is 3.11. The van der Waals surface area contributed by atoms with E-state index in [2.05, 4.69) is 22.2 Å². The highest BCUT2D eigenvalue weighted by Crippen LogP contribution is 2.28. The first-order valence-corrected chi connectivity index (χ1v) is 8.10. The molecule has 7 heteroatoms. The molecule has 1 aromatic carbocycles. The van der Waals surface area contributed by atoms with Crippen LogP contribution in [0.5, 0.6) is 0 Å². The quantitative estimate of drug-likeness (QED) is 0.851. The molecule has 2 N–H and O–H groups in total. The lowest BCUT2D eigenvalue weighted by molar-refractivity contribution is -0.128. The van der Waals surface area contributed by atoms with Crippen LogP contribution in [0.15, 0.2) is 30.3 Å². The number of likely N-dealkylation sites (tertiary alicyclic amines) is 1. The fourth-order valence-corrected chi connectivity index (χ4v) is 3.07. The molecule has 2 aromatic rings. The Morgan fingerprint density at radius 3 is 2.75 bits per heavy atom. The van der Waals surface area contributed by atoms with Crippen LogP contribution < -0.4 is 5.73 Å². The number of benzene rings is 1. The molecule has 1 saturated heterocycles. The summed E-state index contributed by atoms with van der Waals surface area (Å²) in [6.45, 7) is 3.66. The zero-order chi connectivity index (χ0) is 17.1. The summed E-state index contributed by atoms with van der Waals surface area (Å²) in [7, 11) is 0. The summed E-state index contributed by atoms with van der Waals surface area (Å²) < 4.78 is 1.72. The molecule has 1 fully saturated rings. The molecular formula is C17H21N5O2. The van der Waals surface area contributed by atoms with Gasteiger partial charge in [-0.2, -0.15) is 5.10 Å². The molecule has 1 aliphatic rings. The minimum absolute atomic E-state index is 0.0145. The summed E-state index contributed by atoms with van der Waals surface area (Å²) in [6.07, 6.45) is 0.527. The molecule has 1 atom stereocenters. The Bertz CT molecular complexity index is 741. The van der Waals surface area contributed by atoms with E-state index in [1.807, 2.05) is 30.0 Å². The van der Waals surface area contributed by atoms with Gasteiger partial charge in [0, 0.05) is 25.4 Å². The maximum absolute atomic E-state index is 12.3. The van der Waals surface area contributed by atoms with Crippen LogP contribution >= 0.6 is 0 Å². The second-order valence-corrected chi connectivity index (χ2v) is 5.99. The lowest BCUT2D eigenvalue weighted by atomic mass is 9.99. The third kappa shape index (κ3) is 3.45. The number of carbonyl (C=O) groups excluding carboxylic acids is 2. The maximum Gasteiger partial charge on any atom is 0.225 e. The fourth-order valence-electron chi connectivity index (χ4n) is 3.07. The van der Waals surface area contributed by atoms with Gasteiger partial charge in [0.1, 0.15) is 5.82 Å². The second kappa shape index (κ2) is 6.82. The molecular weight excluding hydrogens is 306 g/mol. The predicted octanol–water partition coefficient (Wildman–Crippen LogP) is 0.842. The predicted molar refractivity (Wildman–Crippen MR) is 87.8 cm³/mol. The first-order chi connectivity index (χ1) is 11.6. The van der Waals surface area contributed by atoms with E-state index < -0.39 is 5.91 Å². The number of nitrogens with two attached hydrogens (primary N) is 1. The van der Waals surface area contributed by atoms with E-state index in [-0.39, 0.29) is 18.2 Å². The number of aromatic nitrogens is 3. The van der Waals surface area contributed by atoms with E-state index in [0.29, 0.717) is 37.7 Å². The summed E-state index contributed by atoms with van der Waals surface area (Å²) in [5, 5.41) is 4.28. The molecule has 0 aliphatic carbocycles. The number of rotatable bonds is 6. The van der Waals surface area contributed by atoms with Gasteiger partial charge in [-0.1, -0.05) is 30.3 Å². The summed E-state index contributed by atoms with van der Waals surface area (Å²) in [5.74, 6) is 0.963. The zero-order valence-electron chi connectivity index (χ0n) is 13.7. The van der Waals surface area contributed by atoms with Gasteiger partial charge in [0.15, 0.2) is 5.82 Å². The number of hydrogen-bond acceptors (Lipinski definition) is 4. The molecule has 2 amide bonds. The van der Waals surface area contributed by atoms with Crippen LogP contribution in [0.1, 0.15) is 36.5 Å². The first kappa shape index (κ1) is 16.2. The normalized spacial score (nSPS) is 17.5. The molecule has 3 rings (SSSR count). The summed E-state index contributed by atoms with van der Waals surface area (Å²) in [6, 6.07) is 10.1. The van der Waals surface area contributed by atoms with Gasteiger partial charge in [-0.15, -0.1) is 0 Å². The van der Waals surface area contributed by atoms with Gasteiger partial charge in [0.25, 0.3) is 0 Å². The molecule has 24 heavy (non-hydrogen) atoms. The van der Waals surface area contributed by atoms with Crippen LogP contribution in [0, 0.1) is 0 Å². The Morgan fingerprint density at radius 2 is 2.08 bits per heavy atom. The standard InChI is InChI=1S/C17H21N5O2/c1-2-22-16(19-15(20-22)9-14(18)23)11-21-10-13(8-17(21)24)12-6-4-3-5-7-12/h3-7,13H,2,8-11H2,1H3,(H2,18,23)/t13-/m1/s1. The number of primary amides is 1. The van der Waals surface area contributed by atoms with Crippen molar-refractivity contribution in [3.63, 3.8) is 0 Å². The Labute approximate surface area is 140 Å². The van der Waals surface area contributed by atoms with Gasteiger partial charge < -0.3 is 10.6 Å². The third-order valence-electron chi connectivity index (χ3n) is 4.24. The minimum atomic E-state index is -0.462. The van der Waals surface area contributed by atoms with Gasteiger partial charge in [-0.25, -0.2) is 9.67 Å². The van der Waals surface area contributed by atoms with Crippen LogP contribution in [0.3, 0.4) is 0 Å². The first-order valence-electron chi connectivity index (χ1n) is 8.10. The van der Waals surface area contributed by atoms with Crippen LogP contribution in [-0.4, -0.2) is 38.0 Å². The molecule has 0 bridgehead atoms. The van der Waals surface area contributed by atoms with Crippen LogP contribution in [0.4, 0.5) is 0 Å². The molecule has 2 heterocycles. The number of aryl methyl sites for hydroxylation is 1. The van der Waals surface area contributed by atoms with Gasteiger partial charge in [0.2, 0.25) is 11.8 Å². The highest BCUT2D eigenvalue weighted by Gasteiger charge is 2.31. The van der Waals surface area contributed by atoms with E-state index in [9.17, 15) is 9.59 Å². The number of nitrogens with zero attached hydrogens (tertiary/aromatic N) is 4. The zero-order valence-corrected chi connectivity index (χ0v) is 13.7. The fraction of sp³-hybridized carbons (Fsp3) is 0.412. The van der Waals surface area contributed by atoms with E-state index in [1.54, 1.807) is 4.68 Å². The SMILES string of the molecule is CCn1nc(CC(N)=O)nc1CN1C[C@H](c2ccccc2)CC1=O. The number of carbonyl (C=O) groups is 2. The van der Waals surface area contributed by atoms with Crippen molar-refractivity contribution in [2.75, 3.05) is 6.54 Å². The van der Waals surface area contributed by atoms with E-state index in [0.717, 1.165) is 0 Å². The molecule has 126 valence electrons. The highest BCUT2D eigenvalue weighted by molar-refractivity contribution is 5.79. The Kier molecular flexibility index (Phi) is 4.59. The van der Waals surface area contributed by atoms with Gasteiger partial charge in [-0.3, -0.25) is 9.59 Å². The van der Waals surface area contributed by atoms with Crippen molar-refractivity contribution in [1.29, 1.82) is 0 Å². The van der Waals surface area contributed by atoms with Crippen molar-refractivity contribution in [2.45, 2.75) is 38.8 Å². The molecule has 7 nitrogen and oxygen atoms in total. The van der Waals surface area contributed by atoms with Crippen molar-refractivity contribution in [1.82, 2.24) is 19.7 Å². The van der Waals surface area contributed by atoms with Crippen molar-refractivity contribution >= 4 is 11.8 Å². The van der Waals surface area contributed by atoms with Crippen molar-refractivity contribution in [3.8, 4) is 0 Å². The molecule has 0 radical (unpaired) electrons. The topological polar surface area (TPSA) is 94.1 Å². The molecule has 0 saturated carbocycles. The van der Waals surface area contributed by atoms with Crippen molar-refractivity contribution in [2.24, 2.45) is 5.73 Å². The summed E-state index contributed by atoms with van der Waals surface area (Å²) in [5.41, 5.74) is 6.38. The Balaban J connectivity index is 1.73. The second-order valence-electron chi connectivity index (χ2n) is 5.99. The number of amides is 2. The van der Waals surface area contributed by atoms with Crippen LogP contribution in [0.25, 0.3) is 0 Å². The maximum atomic E-state index is 12.3. The average molecular weight is 327 g/mol. The smallest absolute Gasteiger partial charge is 0.225 e. The highest BCUT2D eigenvalue weighted by atomic mass is 16.2. The third-order valence-corrected chi connectivity index (χ3v) is 4.24. The molecule has 0 spiro atoms. The van der Waals surface area contributed by atoms with Gasteiger partial charge >= 0.3 is 0 Å². The minimum Gasteiger partial charge on any atom is -0.369 e. The van der Waals surface area contributed by atoms with Gasteiger partial charge in [-0.05, 0) is 12.5 Å². The van der Waals surface area contributed by atoms with Crippen LogP contribution in [0.2, 0.25) is 0 Å². The number of hydrogen-bond donors (Lipinski definition) is 1. The lowest BCUT2D eigenvalue weighted by Gasteiger charge is -2.16. The van der Waals surface area contributed by atoms with E-state index in [4.69, 9.17) is 5.73 Å². The monoisotopic (exact) mass is 327 g/mol. The van der Waals surface area contributed by atoms with Gasteiger partial charge in [0.05, 0.1) is 13.0 Å². The van der Waals surface area contributed by atoms with Crippen molar-refractivity contribution in [3.05, 3.63) is 47.5 Å². The van der Waals surface area contributed by atoms with Crippen molar-refractivity contribution < 1.29 is 9.59 Å². The van der Waals surface area contributed by atoms with E-state index >= 15 is 0 Å².